The number of Topliss-reactive ketones (excluding diaryl/α,β-unsaturated/α-hetero) is 1. The number of amides is 1. The number of unbranched alkanes of at least 4 members (excludes halogenated alkanes) is 2. The van der Waals surface area contributed by atoms with Crippen molar-refractivity contribution in [2.24, 2.45) is 0 Å². The third-order valence-corrected chi connectivity index (χ3v) is 9.12. The molecular formula is C43H58N3O3. The van der Waals surface area contributed by atoms with Gasteiger partial charge in [-0.3, -0.25) is 15.0 Å². The molecule has 0 saturated heterocycles. The number of ketones is 1. The van der Waals surface area contributed by atoms with Crippen molar-refractivity contribution >= 4 is 17.5 Å². The summed E-state index contributed by atoms with van der Waals surface area (Å²) < 4.78 is 6.07. The third-order valence-electron chi connectivity index (χ3n) is 9.12. The number of hydrogen-bond acceptors (Lipinski definition) is 5. The van der Waals surface area contributed by atoms with E-state index in [0.717, 1.165) is 73.1 Å². The molecule has 0 unspecified atom stereocenters. The number of nitrogens with one attached hydrogen (secondary N) is 1. The molecule has 0 aliphatic heterocycles. The highest BCUT2D eigenvalue weighted by molar-refractivity contribution is 6.04. The second kappa shape index (κ2) is 18.1. The Kier molecular flexibility index (Phi) is 14.0. The Morgan fingerprint density at radius 1 is 0.837 bits per heavy atom. The molecular weight excluding hydrogens is 606 g/mol. The molecule has 0 fully saturated rings. The Morgan fingerprint density at radius 3 is 2.22 bits per heavy atom. The smallest absolute Gasteiger partial charge is 0.227 e. The van der Waals surface area contributed by atoms with E-state index >= 15 is 0 Å². The zero-order chi connectivity index (χ0) is 35.4. The summed E-state index contributed by atoms with van der Waals surface area (Å²) in [4.78, 5) is 29.4. The van der Waals surface area contributed by atoms with E-state index in [1.807, 2.05) is 39.6 Å². The zero-order valence-electron chi connectivity index (χ0n) is 30.6. The van der Waals surface area contributed by atoms with E-state index in [1.165, 1.54) is 16.7 Å². The number of allylic oxidation sites excluding steroid dienone is 2. The van der Waals surface area contributed by atoms with Crippen molar-refractivity contribution in [2.75, 3.05) is 33.8 Å². The van der Waals surface area contributed by atoms with Gasteiger partial charge in [-0.05, 0) is 104 Å². The Hall–Kier alpha value is -4.03. The van der Waals surface area contributed by atoms with Crippen LogP contribution in [-0.2, 0) is 34.3 Å². The maximum Gasteiger partial charge on any atom is 0.227 e. The number of ether oxygens (including phenoxy) is 1. The molecule has 1 amide bonds. The van der Waals surface area contributed by atoms with Crippen LogP contribution in [0.2, 0.25) is 0 Å². The minimum atomic E-state index is 0. The predicted octanol–water partition coefficient (Wildman–Crippen LogP) is 9.04. The molecule has 0 aromatic heterocycles. The molecule has 6 heteroatoms. The highest BCUT2D eigenvalue weighted by Gasteiger charge is 2.20. The highest BCUT2D eigenvalue weighted by atomic mass is 16.5. The summed E-state index contributed by atoms with van der Waals surface area (Å²) in [7, 11) is 4.03. The van der Waals surface area contributed by atoms with Crippen LogP contribution in [-0.4, -0.2) is 61.1 Å². The van der Waals surface area contributed by atoms with Crippen LogP contribution in [0.25, 0.3) is 11.1 Å². The van der Waals surface area contributed by atoms with Gasteiger partial charge in [-0.25, -0.2) is 0 Å². The van der Waals surface area contributed by atoms with Gasteiger partial charge in [-0.15, -0.1) is 0 Å². The third kappa shape index (κ3) is 12.1. The van der Waals surface area contributed by atoms with Crippen LogP contribution in [0.4, 0.5) is 0 Å². The molecule has 0 atom stereocenters. The molecule has 1 N–H and O–H groups in total. The number of aryl methyl sites for hydroxylation is 2. The molecule has 263 valence electrons. The largest absolute Gasteiger partial charge is 0.492 e. The monoisotopic (exact) mass is 664 g/mol. The average Bonchev–Trinajstić information content (AvgIpc) is 3.92. The van der Waals surface area contributed by atoms with Crippen molar-refractivity contribution in [1.29, 1.82) is 5.41 Å². The van der Waals surface area contributed by atoms with E-state index in [2.05, 4.69) is 86.3 Å². The number of benzene rings is 3. The molecule has 1 aliphatic rings. The summed E-state index contributed by atoms with van der Waals surface area (Å²) in [6.45, 7) is 10.5. The summed E-state index contributed by atoms with van der Waals surface area (Å²) in [5, 5.41) is 8.67. The molecule has 4 rings (SSSR count). The lowest BCUT2D eigenvalue weighted by molar-refractivity contribution is -0.127. The standard InChI is InChI=1S/C43H56N3O3.H2/c1-7-46(42(48)18-10-8-9-13-32-19-24-38(25-20-32)43(2,3)4)41(44)17-12-15-33-14-11-16-35(29-33)36-23-26-40(49-28-27-45(5)6)37(30-36)31-39(47)34-21-22-34;/h11,14,16,19-26,29-30,44H,7-10,12-13,15,17-18,27-28,31H2,1-6H3;1H. The summed E-state index contributed by atoms with van der Waals surface area (Å²) in [6, 6.07) is 23.5. The van der Waals surface area contributed by atoms with Gasteiger partial charge in [0.05, 0.1) is 0 Å². The van der Waals surface area contributed by atoms with Crippen LogP contribution >= 0.6 is 0 Å². The SMILES string of the molecule is CCN(C(=N)CCCc1cccc(-c2ccc(OCCN(C)C)c(CC(=O)C3=C[CH]3)c2)c1)C(=O)CCCCCc1ccc(C(C)(C)C)cc1.[HH]. The van der Waals surface area contributed by atoms with Crippen molar-refractivity contribution in [1.82, 2.24) is 9.80 Å². The number of amidine groups is 1. The molecule has 3 aromatic rings. The van der Waals surface area contributed by atoms with E-state index in [0.29, 0.717) is 38.2 Å². The van der Waals surface area contributed by atoms with E-state index < -0.39 is 0 Å². The number of nitrogens with zero attached hydrogens (tertiary/aromatic N) is 2. The highest BCUT2D eigenvalue weighted by Crippen LogP contribution is 2.30. The quantitative estimate of drug-likeness (QED) is 0.0789. The first-order valence-electron chi connectivity index (χ1n) is 18.0. The van der Waals surface area contributed by atoms with Crippen molar-refractivity contribution in [3.05, 3.63) is 107 Å². The molecule has 0 bridgehead atoms. The van der Waals surface area contributed by atoms with Crippen molar-refractivity contribution < 1.29 is 15.8 Å². The number of rotatable bonds is 19. The lowest BCUT2D eigenvalue weighted by Crippen LogP contribution is -2.36. The van der Waals surface area contributed by atoms with Crippen molar-refractivity contribution in [3.8, 4) is 16.9 Å². The van der Waals surface area contributed by atoms with E-state index in [1.54, 1.807) is 4.90 Å². The topological polar surface area (TPSA) is 73.7 Å². The van der Waals surface area contributed by atoms with Gasteiger partial charge in [-0.2, -0.15) is 0 Å². The minimum absolute atomic E-state index is 0. The molecule has 6 nitrogen and oxygen atoms in total. The number of hydrogen-bond donors (Lipinski definition) is 1. The van der Waals surface area contributed by atoms with Crippen LogP contribution in [0.1, 0.15) is 89.9 Å². The summed E-state index contributed by atoms with van der Waals surface area (Å²) in [5.41, 5.74) is 7.88. The number of likely N-dealkylation sites (N-methyl/N-ethyl adjacent to an activating group) is 1. The second-order valence-electron chi connectivity index (χ2n) is 14.5. The first-order valence-corrected chi connectivity index (χ1v) is 18.0. The van der Waals surface area contributed by atoms with Gasteiger partial charge in [0.1, 0.15) is 18.2 Å². The Balaban J connectivity index is 0.00000676. The number of carbonyl (C=O) groups is 2. The van der Waals surface area contributed by atoms with Crippen molar-refractivity contribution in [2.45, 2.75) is 90.9 Å². The fourth-order valence-electron chi connectivity index (χ4n) is 5.99. The van der Waals surface area contributed by atoms with Gasteiger partial charge in [0.15, 0.2) is 5.78 Å². The fourth-order valence-corrected chi connectivity index (χ4v) is 5.99. The fraction of sp³-hybridized carbons (Fsp3) is 0.442. The van der Waals surface area contributed by atoms with Gasteiger partial charge in [0.25, 0.3) is 0 Å². The Morgan fingerprint density at radius 2 is 1.55 bits per heavy atom. The van der Waals surface area contributed by atoms with Gasteiger partial charge >= 0.3 is 0 Å². The van der Waals surface area contributed by atoms with Crippen LogP contribution in [0.3, 0.4) is 0 Å². The van der Waals surface area contributed by atoms with Crippen LogP contribution in [0.15, 0.2) is 78.4 Å². The average molecular weight is 665 g/mol. The molecule has 3 aromatic carbocycles. The molecule has 1 aliphatic carbocycles. The van der Waals surface area contributed by atoms with Crippen LogP contribution < -0.4 is 4.74 Å². The van der Waals surface area contributed by atoms with E-state index in [9.17, 15) is 9.59 Å². The normalized spacial score (nSPS) is 12.5. The van der Waals surface area contributed by atoms with Gasteiger partial charge in [0, 0.05) is 45.8 Å². The van der Waals surface area contributed by atoms with E-state index in [4.69, 9.17) is 10.1 Å². The molecule has 0 spiro atoms. The zero-order valence-corrected chi connectivity index (χ0v) is 30.6. The summed E-state index contributed by atoms with van der Waals surface area (Å²) in [6.07, 6.45) is 10.6. The van der Waals surface area contributed by atoms with Gasteiger partial charge in [0.2, 0.25) is 5.91 Å². The molecule has 49 heavy (non-hydrogen) atoms. The second-order valence-corrected chi connectivity index (χ2v) is 14.5. The van der Waals surface area contributed by atoms with Crippen LogP contribution in [0.5, 0.6) is 5.75 Å². The first kappa shape index (κ1) is 37.8. The van der Waals surface area contributed by atoms with Crippen LogP contribution in [0, 0.1) is 11.8 Å². The summed E-state index contributed by atoms with van der Waals surface area (Å²) in [5.74, 6) is 1.34. The number of carbonyl (C=O) groups excluding carboxylic acids is 2. The Bertz CT molecular complexity index is 1600. The molecule has 1 radical (unpaired) electrons. The van der Waals surface area contributed by atoms with Gasteiger partial charge in [-0.1, -0.05) is 87.9 Å². The van der Waals surface area contributed by atoms with Crippen molar-refractivity contribution in [3.63, 3.8) is 0 Å². The molecule has 0 heterocycles. The van der Waals surface area contributed by atoms with E-state index in [-0.39, 0.29) is 18.5 Å². The maximum atomic E-state index is 13.0. The lowest BCUT2D eigenvalue weighted by atomic mass is 9.86. The molecule has 0 saturated carbocycles. The summed E-state index contributed by atoms with van der Waals surface area (Å²) >= 11 is 0. The maximum absolute atomic E-state index is 13.0. The minimum Gasteiger partial charge on any atom is -0.492 e. The first-order chi connectivity index (χ1) is 23.4. The Labute approximate surface area is 296 Å². The van der Waals surface area contributed by atoms with Gasteiger partial charge < -0.3 is 14.5 Å². The lowest BCUT2D eigenvalue weighted by Gasteiger charge is -2.22. The predicted molar refractivity (Wildman–Crippen MR) is 205 cm³/mol.